The lowest BCUT2D eigenvalue weighted by Gasteiger charge is -2.12. The molecule has 1 heterocycles. The number of rotatable bonds is 9. The Bertz CT molecular complexity index is 1430. The third-order valence-electron chi connectivity index (χ3n) is 4.87. The van der Waals surface area contributed by atoms with Crippen molar-refractivity contribution in [1.82, 2.24) is 10.3 Å². The van der Waals surface area contributed by atoms with E-state index in [-0.39, 0.29) is 22.9 Å². The number of nitrogens with one attached hydrogen (secondary N) is 3. The van der Waals surface area contributed by atoms with Gasteiger partial charge < -0.3 is 16.0 Å². The Morgan fingerprint density at radius 3 is 2.49 bits per heavy atom. The largest absolute Gasteiger partial charge is 0.321 e. The first-order valence-corrected chi connectivity index (χ1v) is 12.9. The van der Waals surface area contributed by atoms with Crippen molar-refractivity contribution in [3.63, 3.8) is 0 Å². The van der Waals surface area contributed by atoms with Crippen molar-refractivity contribution in [3.05, 3.63) is 113 Å². The van der Waals surface area contributed by atoms with Crippen molar-refractivity contribution in [1.29, 1.82) is 0 Å². The van der Waals surface area contributed by atoms with Gasteiger partial charge >= 0.3 is 0 Å². The van der Waals surface area contributed by atoms with E-state index in [2.05, 4.69) is 20.9 Å². The quantitative estimate of drug-likeness (QED) is 0.197. The standard InChI is InChI=1S/C27H21FN4O3S2/c28-22-12-5-4-9-19(22)15-23(31-25(34)18-7-2-1-3-8-18)26(35)30-20-10-6-11-21(16-20)37-17-24(33)32-27-29-13-14-36-27/h1-16H,17H2,(H,30,35)(H,31,34)(H,29,32,33)/b23-15-. The first kappa shape index (κ1) is 25.8. The van der Waals surface area contributed by atoms with Crippen LogP contribution in [-0.4, -0.2) is 28.5 Å². The van der Waals surface area contributed by atoms with E-state index >= 15 is 0 Å². The van der Waals surface area contributed by atoms with Gasteiger partial charge in [0.1, 0.15) is 11.5 Å². The summed E-state index contributed by atoms with van der Waals surface area (Å²) in [5.41, 5.74) is 0.823. The van der Waals surface area contributed by atoms with Crippen LogP contribution in [0.15, 0.2) is 101 Å². The number of benzene rings is 3. The molecule has 0 aliphatic heterocycles. The molecule has 186 valence electrons. The Balaban J connectivity index is 1.47. The summed E-state index contributed by atoms with van der Waals surface area (Å²) in [6.45, 7) is 0. The van der Waals surface area contributed by atoms with E-state index in [4.69, 9.17) is 0 Å². The van der Waals surface area contributed by atoms with E-state index in [9.17, 15) is 18.8 Å². The number of nitrogens with zero attached hydrogens (tertiary/aromatic N) is 1. The minimum absolute atomic E-state index is 0.125. The second-order valence-electron chi connectivity index (χ2n) is 7.56. The van der Waals surface area contributed by atoms with Crippen molar-refractivity contribution in [2.75, 3.05) is 16.4 Å². The molecule has 7 nitrogen and oxygen atoms in total. The van der Waals surface area contributed by atoms with Crippen LogP contribution in [0.1, 0.15) is 15.9 Å². The molecule has 37 heavy (non-hydrogen) atoms. The second-order valence-corrected chi connectivity index (χ2v) is 9.50. The number of hydrogen-bond donors (Lipinski definition) is 3. The molecule has 3 aromatic carbocycles. The van der Waals surface area contributed by atoms with Crippen LogP contribution in [0.3, 0.4) is 0 Å². The Labute approximate surface area is 220 Å². The first-order valence-electron chi connectivity index (χ1n) is 11.0. The average molecular weight is 533 g/mol. The molecule has 4 rings (SSSR count). The molecule has 0 saturated carbocycles. The number of carbonyl (C=O) groups excluding carboxylic acids is 3. The summed E-state index contributed by atoms with van der Waals surface area (Å²) in [5, 5.41) is 10.3. The summed E-state index contributed by atoms with van der Waals surface area (Å²) in [7, 11) is 0. The molecule has 0 radical (unpaired) electrons. The van der Waals surface area contributed by atoms with Crippen LogP contribution in [0, 0.1) is 5.82 Å². The molecule has 0 spiro atoms. The fraction of sp³-hybridized carbons (Fsp3) is 0.0370. The lowest BCUT2D eigenvalue weighted by atomic mass is 10.1. The van der Waals surface area contributed by atoms with Gasteiger partial charge in [-0.1, -0.05) is 42.5 Å². The van der Waals surface area contributed by atoms with Crippen molar-refractivity contribution in [2.24, 2.45) is 0 Å². The molecular formula is C27H21FN4O3S2. The van der Waals surface area contributed by atoms with Gasteiger partial charge in [-0.15, -0.1) is 23.1 Å². The molecule has 0 aliphatic carbocycles. The summed E-state index contributed by atoms with van der Waals surface area (Å²) in [6, 6.07) is 21.3. The van der Waals surface area contributed by atoms with Gasteiger partial charge in [0.15, 0.2) is 5.13 Å². The maximum absolute atomic E-state index is 14.3. The third kappa shape index (κ3) is 7.60. The zero-order valence-corrected chi connectivity index (χ0v) is 20.9. The molecule has 0 atom stereocenters. The minimum Gasteiger partial charge on any atom is -0.321 e. The molecule has 0 fully saturated rings. The topological polar surface area (TPSA) is 100 Å². The van der Waals surface area contributed by atoms with Gasteiger partial charge in [0, 0.05) is 33.3 Å². The van der Waals surface area contributed by atoms with Crippen molar-refractivity contribution >= 4 is 57.7 Å². The summed E-state index contributed by atoms with van der Waals surface area (Å²) in [5.74, 6) is -1.71. The maximum atomic E-state index is 14.3. The maximum Gasteiger partial charge on any atom is 0.272 e. The Kier molecular flexibility index (Phi) is 8.79. The van der Waals surface area contributed by atoms with Crippen LogP contribution in [-0.2, 0) is 9.59 Å². The first-order chi connectivity index (χ1) is 18.0. The van der Waals surface area contributed by atoms with E-state index in [0.717, 1.165) is 4.90 Å². The molecule has 3 amide bonds. The van der Waals surface area contributed by atoms with Crippen molar-refractivity contribution in [3.8, 4) is 0 Å². The van der Waals surface area contributed by atoms with Crippen LogP contribution < -0.4 is 16.0 Å². The molecule has 0 bridgehead atoms. The van der Waals surface area contributed by atoms with E-state index < -0.39 is 17.6 Å². The van der Waals surface area contributed by atoms with E-state index in [1.165, 1.54) is 47.4 Å². The van der Waals surface area contributed by atoms with E-state index in [1.807, 2.05) is 6.07 Å². The molecule has 0 unspecified atom stereocenters. The summed E-state index contributed by atoms with van der Waals surface area (Å²) in [4.78, 5) is 42.8. The number of halogens is 1. The minimum atomic E-state index is -0.629. The van der Waals surface area contributed by atoms with Gasteiger partial charge in [-0.3, -0.25) is 14.4 Å². The van der Waals surface area contributed by atoms with Crippen LogP contribution in [0.5, 0.6) is 0 Å². The molecule has 1 aromatic heterocycles. The molecule has 4 aromatic rings. The molecule has 3 N–H and O–H groups in total. The molecular weight excluding hydrogens is 511 g/mol. The highest BCUT2D eigenvalue weighted by Gasteiger charge is 2.16. The molecule has 0 saturated heterocycles. The monoisotopic (exact) mass is 532 g/mol. The number of anilines is 2. The van der Waals surface area contributed by atoms with Crippen LogP contribution >= 0.6 is 23.1 Å². The SMILES string of the molecule is O=C(CSc1cccc(NC(=O)/C(=C/c2ccccc2F)NC(=O)c2ccccc2)c1)Nc1nccs1. The average Bonchev–Trinajstić information content (AvgIpc) is 3.42. The number of thioether (sulfide) groups is 1. The Morgan fingerprint density at radius 1 is 0.946 bits per heavy atom. The van der Waals surface area contributed by atoms with E-state index in [1.54, 1.807) is 66.2 Å². The fourth-order valence-electron chi connectivity index (χ4n) is 3.14. The summed E-state index contributed by atoms with van der Waals surface area (Å²) in [6.07, 6.45) is 2.89. The number of amides is 3. The zero-order chi connectivity index (χ0) is 26.0. The molecule has 10 heteroatoms. The highest BCUT2D eigenvalue weighted by molar-refractivity contribution is 8.00. The normalized spacial score (nSPS) is 11.0. The lowest BCUT2D eigenvalue weighted by molar-refractivity contribution is -0.114. The Hall–Kier alpha value is -4.28. The van der Waals surface area contributed by atoms with Gasteiger partial charge in [-0.05, 0) is 42.5 Å². The lowest BCUT2D eigenvalue weighted by Crippen LogP contribution is -2.30. The highest BCUT2D eigenvalue weighted by Crippen LogP contribution is 2.23. The third-order valence-corrected chi connectivity index (χ3v) is 6.56. The smallest absolute Gasteiger partial charge is 0.272 e. The second kappa shape index (κ2) is 12.6. The van der Waals surface area contributed by atoms with E-state index in [0.29, 0.717) is 16.4 Å². The number of carbonyl (C=O) groups is 3. The fourth-order valence-corrected chi connectivity index (χ4v) is 4.44. The van der Waals surface area contributed by atoms with Crippen LogP contribution in [0.25, 0.3) is 6.08 Å². The number of hydrogen-bond acceptors (Lipinski definition) is 6. The predicted octanol–water partition coefficient (Wildman–Crippen LogP) is 5.42. The Morgan fingerprint density at radius 2 is 1.73 bits per heavy atom. The summed E-state index contributed by atoms with van der Waals surface area (Å²) < 4.78 is 14.3. The summed E-state index contributed by atoms with van der Waals surface area (Å²) >= 11 is 2.62. The highest BCUT2D eigenvalue weighted by atomic mass is 32.2. The van der Waals surface area contributed by atoms with Crippen LogP contribution in [0.4, 0.5) is 15.2 Å². The van der Waals surface area contributed by atoms with Gasteiger partial charge in [-0.25, -0.2) is 9.37 Å². The predicted molar refractivity (Wildman–Crippen MR) is 145 cm³/mol. The van der Waals surface area contributed by atoms with Gasteiger partial charge in [0.25, 0.3) is 11.8 Å². The number of aromatic nitrogens is 1. The zero-order valence-electron chi connectivity index (χ0n) is 19.3. The van der Waals surface area contributed by atoms with Gasteiger partial charge in [0.2, 0.25) is 5.91 Å². The van der Waals surface area contributed by atoms with Gasteiger partial charge in [-0.2, -0.15) is 0 Å². The van der Waals surface area contributed by atoms with Crippen molar-refractivity contribution in [2.45, 2.75) is 4.90 Å². The van der Waals surface area contributed by atoms with Crippen molar-refractivity contribution < 1.29 is 18.8 Å². The van der Waals surface area contributed by atoms with Crippen LogP contribution in [0.2, 0.25) is 0 Å². The molecule has 0 aliphatic rings. The number of thiazole rings is 1. The van der Waals surface area contributed by atoms with Gasteiger partial charge in [0.05, 0.1) is 5.75 Å².